The third kappa shape index (κ3) is 2.26. The Bertz CT molecular complexity index is 419. The van der Waals surface area contributed by atoms with Crippen LogP contribution in [0.3, 0.4) is 0 Å². The number of halogens is 3. The van der Waals surface area contributed by atoms with Gasteiger partial charge in [0.05, 0.1) is 5.56 Å². The van der Waals surface area contributed by atoms with E-state index < -0.39 is 17.5 Å². The van der Waals surface area contributed by atoms with Gasteiger partial charge in [-0.15, -0.1) is 0 Å². The Morgan fingerprint density at radius 1 is 1.31 bits per heavy atom. The van der Waals surface area contributed by atoms with Crippen molar-refractivity contribution in [3.05, 3.63) is 34.4 Å². The number of ketones is 1. The van der Waals surface area contributed by atoms with Crippen LogP contribution in [0, 0.1) is 6.92 Å². The molecule has 0 fully saturated rings. The van der Waals surface area contributed by atoms with Gasteiger partial charge in [0, 0.05) is 5.56 Å². The van der Waals surface area contributed by atoms with Gasteiger partial charge in [-0.1, -0.05) is 19.1 Å². The Kier molecular flexibility index (Phi) is 3.41. The molecule has 0 N–H and O–H groups in total. The zero-order valence-electron chi connectivity index (χ0n) is 9.40. The first-order valence-electron chi connectivity index (χ1n) is 4.99. The molecular formula is C12H13F3O. The molecule has 0 aliphatic heterocycles. The minimum Gasteiger partial charge on any atom is -0.294 e. The Balaban J connectivity index is 3.62. The number of benzene rings is 1. The summed E-state index contributed by atoms with van der Waals surface area (Å²) in [7, 11) is 0. The summed E-state index contributed by atoms with van der Waals surface area (Å²) < 4.78 is 38.5. The predicted octanol–water partition coefficient (Wildman–Crippen LogP) is 3.78. The topological polar surface area (TPSA) is 17.1 Å². The van der Waals surface area contributed by atoms with E-state index in [2.05, 4.69) is 0 Å². The van der Waals surface area contributed by atoms with Gasteiger partial charge in [-0.05, 0) is 31.4 Å². The Labute approximate surface area is 92.3 Å². The summed E-state index contributed by atoms with van der Waals surface area (Å²) in [4.78, 5) is 11.3. The second-order valence-electron chi connectivity index (χ2n) is 3.70. The van der Waals surface area contributed by atoms with Crippen LogP contribution in [-0.4, -0.2) is 5.78 Å². The van der Waals surface area contributed by atoms with E-state index in [0.29, 0.717) is 12.0 Å². The molecule has 0 aliphatic carbocycles. The van der Waals surface area contributed by atoms with Crippen LogP contribution in [0.1, 0.15) is 40.9 Å². The number of hydrogen-bond donors (Lipinski definition) is 0. The van der Waals surface area contributed by atoms with E-state index in [0.717, 1.165) is 0 Å². The van der Waals surface area contributed by atoms with Gasteiger partial charge in [0.25, 0.3) is 0 Å². The van der Waals surface area contributed by atoms with Crippen LogP contribution in [0.2, 0.25) is 0 Å². The van der Waals surface area contributed by atoms with Gasteiger partial charge in [-0.2, -0.15) is 13.2 Å². The van der Waals surface area contributed by atoms with Gasteiger partial charge in [0.2, 0.25) is 0 Å². The van der Waals surface area contributed by atoms with Crippen molar-refractivity contribution < 1.29 is 18.0 Å². The molecule has 0 atom stereocenters. The lowest BCUT2D eigenvalue weighted by Crippen LogP contribution is -2.16. The molecule has 1 aromatic rings. The van der Waals surface area contributed by atoms with E-state index >= 15 is 0 Å². The second-order valence-corrected chi connectivity index (χ2v) is 3.70. The maximum Gasteiger partial charge on any atom is 0.417 e. The molecular weight excluding hydrogens is 217 g/mol. The van der Waals surface area contributed by atoms with Crippen molar-refractivity contribution in [3.8, 4) is 0 Å². The normalized spacial score (nSPS) is 11.6. The van der Waals surface area contributed by atoms with Crippen molar-refractivity contribution in [2.24, 2.45) is 0 Å². The quantitative estimate of drug-likeness (QED) is 0.706. The van der Waals surface area contributed by atoms with E-state index in [1.807, 2.05) is 0 Å². The highest BCUT2D eigenvalue weighted by atomic mass is 19.4. The third-order valence-corrected chi connectivity index (χ3v) is 2.52. The summed E-state index contributed by atoms with van der Waals surface area (Å²) in [5.74, 6) is -0.534. The van der Waals surface area contributed by atoms with E-state index in [-0.39, 0.29) is 11.1 Å². The highest BCUT2D eigenvalue weighted by molar-refractivity contribution is 5.97. The number of hydrogen-bond acceptors (Lipinski definition) is 1. The minimum atomic E-state index is -4.48. The van der Waals surface area contributed by atoms with Crippen molar-refractivity contribution in [1.82, 2.24) is 0 Å². The average molecular weight is 230 g/mol. The standard InChI is InChI=1S/C12H13F3O/c1-4-9-6-5-7(2)11(12(13,14)15)10(9)8(3)16/h5-6H,4H2,1-3H3. The smallest absolute Gasteiger partial charge is 0.294 e. The monoisotopic (exact) mass is 230 g/mol. The number of Topliss-reactive ketones (excluding diaryl/α,β-unsaturated/α-hetero) is 1. The Morgan fingerprint density at radius 3 is 2.25 bits per heavy atom. The molecule has 0 aliphatic rings. The molecule has 88 valence electrons. The molecule has 16 heavy (non-hydrogen) atoms. The number of rotatable bonds is 2. The highest BCUT2D eigenvalue weighted by Crippen LogP contribution is 2.36. The summed E-state index contributed by atoms with van der Waals surface area (Å²) >= 11 is 0. The molecule has 0 saturated carbocycles. The SMILES string of the molecule is CCc1ccc(C)c(C(F)(F)F)c1C(C)=O. The maximum absolute atomic E-state index is 12.8. The summed E-state index contributed by atoms with van der Waals surface area (Å²) in [6.45, 7) is 4.27. The highest BCUT2D eigenvalue weighted by Gasteiger charge is 2.37. The predicted molar refractivity (Wildman–Crippen MR) is 55.6 cm³/mol. The van der Waals surface area contributed by atoms with Crippen molar-refractivity contribution in [2.45, 2.75) is 33.4 Å². The summed E-state index contributed by atoms with van der Waals surface area (Å²) in [5.41, 5.74) is -0.435. The number of aryl methyl sites for hydroxylation is 2. The molecule has 0 radical (unpaired) electrons. The minimum absolute atomic E-state index is 0.0925. The largest absolute Gasteiger partial charge is 0.417 e. The van der Waals surface area contributed by atoms with Gasteiger partial charge in [0.15, 0.2) is 5.78 Å². The lowest BCUT2D eigenvalue weighted by atomic mass is 9.92. The van der Waals surface area contributed by atoms with Gasteiger partial charge < -0.3 is 0 Å². The average Bonchev–Trinajstić information content (AvgIpc) is 2.15. The molecule has 0 saturated heterocycles. The molecule has 0 unspecified atom stereocenters. The summed E-state index contributed by atoms with van der Waals surface area (Å²) in [5, 5.41) is 0. The summed E-state index contributed by atoms with van der Waals surface area (Å²) in [6, 6.07) is 3.00. The second kappa shape index (κ2) is 4.28. The van der Waals surface area contributed by atoms with Gasteiger partial charge in [-0.3, -0.25) is 4.79 Å². The molecule has 0 aromatic heterocycles. The van der Waals surface area contributed by atoms with Gasteiger partial charge >= 0.3 is 6.18 Å². The summed E-state index contributed by atoms with van der Waals surface area (Å²) in [6.07, 6.45) is -4.06. The van der Waals surface area contributed by atoms with Crippen molar-refractivity contribution in [3.63, 3.8) is 0 Å². The molecule has 0 bridgehead atoms. The maximum atomic E-state index is 12.8. The van der Waals surface area contributed by atoms with Crippen LogP contribution < -0.4 is 0 Å². The van der Waals surface area contributed by atoms with E-state index in [1.165, 1.54) is 19.9 Å². The zero-order chi connectivity index (χ0) is 12.5. The lowest BCUT2D eigenvalue weighted by Gasteiger charge is -2.16. The van der Waals surface area contributed by atoms with Gasteiger partial charge in [0.1, 0.15) is 0 Å². The van der Waals surface area contributed by atoms with Gasteiger partial charge in [-0.25, -0.2) is 0 Å². The first-order valence-corrected chi connectivity index (χ1v) is 4.99. The van der Waals surface area contributed by atoms with Crippen LogP contribution in [0.15, 0.2) is 12.1 Å². The number of alkyl halides is 3. The number of carbonyl (C=O) groups excluding carboxylic acids is 1. The van der Waals surface area contributed by atoms with E-state index in [4.69, 9.17) is 0 Å². The fourth-order valence-electron chi connectivity index (χ4n) is 1.81. The van der Waals surface area contributed by atoms with Crippen molar-refractivity contribution in [2.75, 3.05) is 0 Å². The third-order valence-electron chi connectivity index (χ3n) is 2.52. The fraction of sp³-hybridized carbons (Fsp3) is 0.417. The van der Waals surface area contributed by atoms with Crippen molar-refractivity contribution in [1.29, 1.82) is 0 Å². The van der Waals surface area contributed by atoms with Crippen LogP contribution in [-0.2, 0) is 12.6 Å². The van der Waals surface area contributed by atoms with Crippen LogP contribution in [0.5, 0.6) is 0 Å². The molecule has 4 heteroatoms. The lowest BCUT2D eigenvalue weighted by molar-refractivity contribution is -0.138. The molecule has 1 nitrogen and oxygen atoms in total. The van der Waals surface area contributed by atoms with E-state index in [1.54, 1.807) is 13.0 Å². The van der Waals surface area contributed by atoms with Crippen LogP contribution in [0.25, 0.3) is 0 Å². The fourth-order valence-corrected chi connectivity index (χ4v) is 1.81. The molecule has 1 rings (SSSR count). The van der Waals surface area contributed by atoms with Crippen LogP contribution >= 0.6 is 0 Å². The van der Waals surface area contributed by atoms with Crippen LogP contribution in [0.4, 0.5) is 13.2 Å². The van der Waals surface area contributed by atoms with E-state index in [9.17, 15) is 18.0 Å². The Hall–Kier alpha value is -1.32. The molecule has 0 heterocycles. The van der Waals surface area contributed by atoms with Crippen molar-refractivity contribution >= 4 is 5.78 Å². The molecule has 0 spiro atoms. The first kappa shape index (κ1) is 12.7. The molecule has 0 amide bonds. The Morgan fingerprint density at radius 2 is 1.88 bits per heavy atom. The number of carbonyl (C=O) groups is 1. The first-order chi connectivity index (χ1) is 7.29. The molecule has 1 aromatic carbocycles. The zero-order valence-corrected chi connectivity index (χ0v) is 9.40.